The van der Waals surface area contributed by atoms with Gasteiger partial charge in [-0.15, -0.1) is 0 Å². The highest BCUT2D eigenvalue weighted by Crippen LogP contribution is 2.33. The molecule has 0 fully saturated rings. The fourth-order valence-electron chi connectivity index (χ4n) is 1.39. The average molecular weight is 325 g/mol. The van der Waals surface area contributed by atoms with Crippen LogP contribution < -0.4 is 4.74 Å². The van der Waals surface area contributed by atoms with Crippen LogP contribution in [0.3, 0.4) is 0 Å². The standard InChI is InChI=1S/C12H12BrF3O2/c1-3-18-10-6-8(12(14,15)16)4-5-9(10)11(17)7(2)13/h4-7H,3H2,1-2H3. The monoisotopic (exact) mass is 324 g/mol. The lowest BCUT2D eigenvalue weighted by molar-refractivity contribution is -0.137. The van der Waals surface area contributed by atoms with E-state index in [9.17, 15) is 18.0 Å². The lowest BCUT2D eigenvalue weighted by Gasteiger charge is -2.13. The molecule has 1 rings (SSSR count). The molecule has 0 N–H and O–H groups in total. The minimum absolute atomic E-state index is 0.0383. The molecule has 0 aliphatic heterocycles. The van der Waals surface area contributed by atoms with Crippen molar-refractivity contribution in [1.82, 2.24) is 0 Å². The predicted octanol–water partition coefficient (Wildman–Crippen LogP) is 4.07. The van der Waals surface area contributed by atoms with Crippen LogP contribution in [0.4, 0.5) is 13.2 Å². The van der Waals surface area contributed by atoms with E-state index in [0.717, 1.165) is 18.2 Å². The summed E-state index contributed by atoms with van der Waals surface area (Å²) < 4.78 is 42.8. The van der Waals surface area contributed by atoms with Crippen molar-refractivity contribution in [3.05, 3.63) is 29.3 Å². The summed E-state index contributed by atoms with van der Waals surface area (Å²) in [4.78, 5) is 11.3. The summed E-state index contributed by atoms with van der Waals surface area (Å²) >= 11 is 3.09. The maximum Gasteiger partial charge on any atom is 0.416 e. The average Bonchev–Trinajstić information content (AvgIpc) is 2.27. The Kier molecular flexibility index (Phi) is 4.78. The number of rotatable bonds is 4. The van der Waals surface area contributed by atoms with Crippen LogP contribution in [0, 0.1) is 0 Å². The first-order chi connectivity index (χ1) is 8.27. The molecule has 18 heavy (non-hydrogen) atoms. The van der Waals surface area contributed by atoms with Crippen molar-refractivity contribution in [3.63, 3.8) is 0 Å². The maximum absolute atomic E-state index is 12.5. The zero-order valence-electron chi connectivity index (χ0n) is 9.84. The summed E-state index contributed by atoms with van der Waals surface area (Å²) in [6.45, 7) is 3.44. The fourth-order valence-corrected chi connectivity index (χ4v) is 1.64. The van der Waals surface area contributed by atoms with Gasteiger partial charge in [0.1, 0.15) is 5.75 Å². The zero-order chi connectivity index (χ0) is 13.9. The van der Waals surface area contributed by atoms with Crippen LogP contribution >= 0.6 is 15.9 Å². The molecule has 1 aromatic rings. The summed E-state index contributed by atoms with van der Waals surface area (Å²) in [6.07, 6.45) is -4.45. The molecule has 0 spiro atoms. The molecule has 1 aromatic carbocycles. The molecule has 6 heteroatoms. The van der Waals surface area contributed by atoms with E-state index in [-0.39, 0.29) is 23.7 Å². The van der Waals surface area contributed by atoms with Gasteiger partial charge in [-0.05, 0) is 32.0 Å². The van der Waals surface area contributed by atoms with Crippen LogP contribution in [0.15, 0.2) is 18.2 Å². The number of benzene rings is 1. The summed E-state index contributed by atoms with van der Waals surface area (Å²) in [5.41, 5.74) is -0.682. The lowest BCUT2D eigenvalue weighted by atomic mass is 10.0. The Bertz CT molecular complexity index is 441. The van der Waals surface area contributed by atoms with Crippen molar-refractivity contribution in [2.24, 2.45) is 0 Å². The van der Waals surface area contributed by atoms with Gasteiger partial charge in [0.2, 0.25) is 0 Å². The Hall–Kier alpha value is -1.04. The van der Waals surface area contributed by atoms with Crippen LogP contribution in [-0.4, -0.2) is 17.2 Å². The molecular formula is C12H12BrF3O2. The minimum atomic E-state index is -4.45. The Morgan fingerprint density at radius 1 is 1.44 bits per heavy atom. The number of ether oxygens (including phenoxy) is 1. The summed E-state index contributed by atoms with van der Waals surface area (Å²) in [5, 5.41) is 0. The molecule has 0 aliphatic rings. The number of carbonyl (C=O) groups excluding carboxylic acids is 1. The lowest BCUT2D eigenvalue weighted by Crippen LogP contribution is -2.14. The van der Waals surface area contributed by atoms with Gasteiger partial charge in [0.05, 0.1) is 22.6 Å². The second kappa shape index (κ2) is 5.73. The molecule has 1 atom stereocenters. The largest absolute Gasteiger partial charge is 0.493 e. The van der Waals surface area contributed by atoms with Crippen LogP contribution in [0.2, 0.25) is 0 Å². The van der Waals surface area contributed by atoms with Crippen LogP contribution in [0.25, 0.3) is 0 Å². The number of Topliss-reactive ketones (excluding diaryl/α,β-unsaturated/α-hetero) is 1. The highest BCUT2D eigenvalue weighted by molar-refractivity contribution is 9.10. The highest BCUT2D eigenvalue weighted by Gasteiger charge is 2.32. The molecule has 0 saturated carbocycles. The summed E-state index contributed by atoms with van der Waals surface area (Å²) in [7, 11) is 0. The van der Waals surface area contributed by atoms with Crippen molar-refractivity contribution in [3.8, 4) is 5.75 Å². The number of hydrogen-bond acceptors (Lipinski definition) is 2. The van der Waals surface area contributed by atoms with Crippen LogP contribution in [0.1, 0.15) is 29.8 Å². The van der Waals surface area contributed by atoms with Crippen molar-refractivity contribution in [2.75, 3.05) is 6.61 Å². The van der Waals surface area contributed by atoms with Crippen molar-refractivity contribution >= 4 is 21.7 Å². The SMILES string of the molecule is CCOc1cc(C(F)(F)F)ccc1C(=O)C(C)Br. The highest BCUT2D eigenvalue weighted by atomic mass is 79.9. The van der Waals surface area contributed by atoms with Crippen molar-refractivity contribution < 1.29 is 22.7 Å². The first kappa shape index (κ1) is 15.0. The molecule has 2 nitrogen and oxygen atoms in total. The van der Waals surface area contributed by atoms with Crippen LogP contribution in [-0.2, 0) is 6.18 Å². The van der Waals surface area contributed by atoms with Gasteiger partial charge >= 0.3 is 6.18 Å². The molecule has 0 saturated heterocycles. The van der Waals surface area contributed by atoms with E-state index in [0.29, 0.717) is 0 Å². The molecule has 0 aromatic heterocycles. The zero-order valence-corrected chi connectivity index (χ0v) is 11.4. The van der Waals surface area contributed by atoms with Gasteiger partial charge < -0.3 is 4.74 Å². The molecule has 0 heterocycles. The minimum Gasteiger partial charge on any atom is -0.493 e. The fraction of sp³-hybridized carbons (Fsp3) is 0.417. The van der Waals surface area contributed by atoms with E-state index in [1.807, 2.05) is 0 Å². The molecule has 0 radical (unpaired) electrons. The second-order valence-electron chi connectivity index (χ2n) is 3.62. The number of halogens is 4. The van der Waals surface area contributed by atoms with E-state index >= 15 is 0 Å². The molecule has 0 amide bonds. The molecule has 0 aliphatic carbocycles. The van der Waals surface area contributed by atoms with E-state index in [1.54, 1.807) is 13.8 Å². The van der Waals surface area contributed by atoms with E-state index < -0.39 is 16.6 Å². The number of carbonyl (C=O) groups is 1. The first-order valence-corrected chi connectivity index (χ1v) is 6.21. The Balaban J connectivity index is 3.24. The molecule has 100 valence electrons. The van der Waals surface area contributed by atoms with E-state index in [4.69, 9.17) is 4.74 Å². The normalized spacial score (nSPS) is 13.2. The molecular weight excluding hydrogens is 313 g/mol. The van der Waals surface area contributed by atoms with Crippen molar-refractivity contribution in [1.29, 1.82) is 0 Å². The topological polar surface area (TPSA) is 26.3 Å². The molecule has 1 unspecified atom stereocenters. The quantitative estimate of drug-likeness (QED) is 0.616. The third kappa shape index (κ3) is 3.48. The van der Waals surface area contributed by atoms with Gasteiger partial charge in [-0.1, -0.05) is 15.9 Å². The van der Waals surface area contributed by atoms with E-state index in [2.05, 4.69) is 15.9 Å². The first-order valence-electron chi connectivity index (χ1n) is 5.29. The maximum atomic E-state index is 12.5. The molecule has 0 bridgehead atoms. The Morgan fingerprint density at radius 2 is 2.06 bits per heavy atom. The predicted molar refractivity (Wildman–Crippen MR) is 65.3 cm³/mol. The smallest absolute Gasteiger partial charge is 0.416 e. The third-order valence-electron chi connectivity index (χ3n) is 2.24. The Morgan fingerprint density at radius 3 is 2.50 bits per heavy atom. The van der Waals surface area contributed by atoms with Gasteiger partial charge in [0, 0.05) is 0 Å². The van der Waals surface area contributed by atoms with Gasteiger partial charge in [0.25, 0.3) is 0 Å². The summed E-state index contributed by atoms with van der Waals surface area (Å²) in [6, 6.07) is 2.88. The van der Waals surface area contributed by atoms with Gasteiger partial charge in [0.15, 0.2) is 5.78 Å². The third-order valence-corrected chi connectivity index (χ3v) is 2.65. The number of ketones is 1. The van der Waals surface area contributed by atoms with Crippen molar-refractivity contribution in [2.45, 2.75) is 24.9 Å². The van der Waals surface area contributed by atoms with Gasteiger partial charge in [-0.3, -0.25) is 4.79 Å². The second-order valence-corrected chi connectivity index (χ2v) is 5.00. The van der Waals surface area contributed by atoms with E-state index in [1.165, 1.54) is 0 Å². The Labute approximate surface area is 111 Å². The van der Waals surface area contributed by atoms with Gasteiger partial charge in [-0.2, -0.15) is 13.2 Å². The van der Waals surface area contributed by atoms with Crippen LogP contribution in [0.5, 0.6) is 5.75 Å². The summed E-state index contributed by atoms with van der Waals surface area (Å²) in [5.74, 6) is -0.351. The van der Waals surface area contributed by atoms with Gasteiger partial charge in [-0.25, -0.2) is 0 Å². The number of hydrogen-bond donors (Lipinski definition) is 0. The number of alkyl halides is 4.